The van der Waals surface area contributed by atoms with E-state index in [0.29, 0.717) is 44.1 Å². The second-order valence-electron chi connectivity index (χ2n) is 24.2. The highest BCUT2D eigenvalue weighted by atomic mass is 31.2. The molecule has 0 heterocycles. The average molecular weight is 982 g/mol. The molecular formula is C59H84NO9P. The smallest absolute Gasteiger partial charge is 0.328 e. The predicted molar refractivity (Wildman–Crippen MR) is 275 cm³/mol. The number of fused-ring (bicyclic) bond motifs is 9. The number of methoxy groups -OCH3 is 1. The lowest BCUT2D eigenvalue weighted by Gasteiger charge is -2.64. The molecule has 3 unspecified atom stereocenters. The van der Waals surface area contributed by atoms with Crippen LogP contribution in [0.3, 0.4) is 0 Å². The van der Waals surface area contributed by atoms with Gasteiger partial charge in [0, 0.05) is 50.1 Å². The van der Waals surface area contributed by atoms with Crippen molar-refractivity contribution in [1.82, 2.24) is 0 Å². The number of benzene rings is 1. The summed E-state index contributed by atoms with van der Waals surface area (Å²) < 4.78 is 38.3. The van der Waals surface area contributed by atoms with Crippen molar-refractivity contribution in [2.45, 2.75) is 167 Å². The van der Waals surface area contributed by atoms with Crippen molar-refractivity contribution < 1.29 is 42.9 Å². The average Bonchev–Trinajstić information content (AvgIpc) is 3.83. The quantitative estimate of drug-likeness (QED) is 0.0758. The molecule has 11 heteroatoms. The van der Waals surface area contributed by atoms with Gasteiger partial charge in [0.2, 0.25) is 0 Å². The number of ketones is 1. The van der Waals surface area contributed by atoms with Crippen molar-refractivity contribution in [3.05, 3.63) is 65.3 Å². The summed E-state index contributed by atoms with van der Waals surface area (Å²) in [5, 5.41) is 24.5. The van der Waals surface area contributed by atoms with E-state index in [1.54, 1.807) is 12.7 Å². The highest BCUT2D eigenvalue weighted by Crippen LogP contribution is 2.71. The summed E-state index contributed by atoms with van der Waals surface area (Å²) in [6.07, 6.45) is 16.2. The number of carbonyl (C=O) groups is 2. The third-order valence-corrected chi connectivity index (χ3v) is 22.3. The van der Waals surface area contributed by atoms with E-state index in [4.69, 9.17) is 18.5 Å². The van der Waals surface area contributed by atoms with Gasteiger partial charge in [-0.3, -0.25) is 14.2 Å². The van der Waals surface area contributed by atoms with Crippen LogP contribution in [0, 0.1) is 75.4 Å². The molecule has 384 valence electrons. The van der Waals surface area contributed by atoms with Gasteiger partial charge in [0.25, 0.3) is 0 Å². The van der Waals surface area contributed by atoms with Gasteiger partial charge < -0.3 is 33.6 Å². The highest BCUT2D eigenvalue weighted by molar-refractivity contribution is 7.53. The van der Waals surface area contributed by atoms with Gasteiger partial charge in [-0.2, -0.15) is 0 Å². The van der Waals surface area contributed by atoms with E-state index in [9.17, 15) is 24.4 Å². The summed E-state index contributed by atoms with van der Waals surface area (Å²) in [4.78, 5) is 27.0. The van der Waals surface area contributed by atoms with Crippen LogP contribution in [-0.2, 0) is 32.7 Å². The third-order valence-electron chi connectivity index (χ3n) is 21.0. The molecule has 9 rings (SSSR count). The zero-order valence-electron chi connectivity index (χ0n) is 43.7. The molecule has 70 heavy (non-hydrogen) atoms. The summed E-state index contributed by atoms with van der Waals surface area (Å²) in [5.74, 6) is 8.71. The fraction of sp³-hybridized carbons (Fsp3) is 0.729. The monoisotopic (exact) mass is 982 g/mol. The lowest BCUT2D eigenvalue weighted by atomic mass is 9.43. The number of rotatable bonds is 15. The number of aliphatic hydroxyl groups is 2. The Morgan fingerprint density at radius 2 is 1.79 bits per heavy atom. The molecule has 0 aliphatic heterocycles. The number of hydrogen-bond donors (Lipinski definition) is 2. The van der Waals surface area contributed by atoms with Gasteiger partial charge in [0.15, 0.2) is 5.78 Å². The van der Waals surface area contributed by atoms with Crippen LogP contribution in [-0.4, -0.2) is 86.5 Å². The van der Waals surface area contributed by atoms with E-state index < -0.39 is 19.3 Å². The molecule has 6 fully saturated rings. The van der Waals surface area contributed by atoms with E-state index in [0.717, 1.165) is 89.3 Å². The molecular weight excluding hydrogens is 898 g/mol. The number of ether oxygens (including phenoxy) is 2. The summed E-state index contributed by atoms with van der Waals surface area (Å²) in [6.45, 7) is 18.0. The number of nitrogens with zero attached hydrogens (tertiary/aromatic N) is 1. The Labute approximate surface area is 419 Å². The van der Waals surface area contributed by atoms with Crippen LogP contribution in [0.2, 0.25) is 0 Å². The van der Waals surface area contributed by atoms with E-state index in [-0.39, 0.29) is 88.2 Å². The van der Waals surface area contributed by atoms with Crippen molar-refractivity contribution in [1.29, 1.82) is 0 Å². The van der Waals surface area contributed by atoms with Crippen molar-refractivity contribution in [3.63, 3.8) is 0 Å². The molecule has 17 atom stereocenters. The Morgan fingerprint density at radius 1 is 1.01 bits per heavy atom. The largest absolute Gasteiger partial charge is 0.469 e. The first-order valence-corrected chi connectivity index (χ1v) is 29.1. The van der Waals surface area contributed by atoms with Crippen molar-refractivity contribution in [2.75, 3.05) is 45.5 Å². The Bertz CT molecular complexity index is 2330. The normalized spacial score (nSPS) is 40.9. The summed E-state index contributed by atoms with van der Waals surface area (Å²) in [6, 6.07) is 9.09. The van der Waals surface area contributed by atoms with Crippen molar-refractivity contribution in [3.8, 4) is 11.8 Å². The molecule has 0 amide bonds. The number of carbonyl (C=O) groups excluding carboxylic acids is 2. The van der Waals surface area contributed by atoms with E-state index >= 15 is 0 Å². The first-order valence-electron chi connectivity index (χ1n) is 27.1. The molecule has 0 aromatic heterocycles. The summed E-state index contributed by atoms with van der Waals surface area (Å²) >= 11 is 0. The second-order valence-corrected chi connectivity index (χ2v) is 26.2. The van der Waals surface area contributed by atoms with Gasteiger partial charge in [0.1, 0.15) is 5.60 Å². The van der Waals surface area contributed by atoms with Crippen molar-refractivity contribution >= 4 is 25.0 Å². The van der Waals surface area contributed by atoms with Gasteiger partial charge >= 0.3 is 13.6 Å². The summed E-state index contributed by atoms with van der Waals surface area (Å²) in [7, 11) is 0.169. The number of anilines is 1. The van der Waals surface area contributed by atoms with Crippen molar-refractivity contribution in [2.24, 2.45) is 63.6 Å². The minimum Gasteiger partial charge on any atom is -0.469 e. The first kappa shape index (κ1) is 51.9. The number of hydrogen-bond acceptors (Lipinski definition) is 10. The fourth-order valence-corrected chi connectivity index (χ4v) is 18.4. The second kappa shape index (κ2) is 20.0. The zero-order valence-corrected chi connectivity index (χ0v) is 44.6. The molecule has 8 aliphatic carbocycles. The van der Waals surface area contributed by atoms with Gasteiger partial charge in [-0.25, -0.2) is 0 Å². The molecule has 2 N–H and O–H groups in total. The molecule has 8 aliphatic rings. The van der Waals surface area contributed by atoms with Gasteiger partial charge in [-0.15, -0.1) is 12.5 Å². The maximum Gasteiger partial charge on any atom is 0.328 e. The molecule has 6 saturated carbocycles. The Kier molecular flexibility index (Phi) is 14.8. The van der Waals surface area contributed by atoms with Gasteiger partial charge in [-0.1, -0.05) is 57.4 Å². The molecule has 0 radical (unpaired) electrons. The lowest BCUT2D eigenvalue weighted by Crippen LogP contribution is -2.62. The van der Waals surface area contributed by atoms with Crippen LogP contribution in [0.4, 0.5) is 5.69 Å². The summed E-state index contributed by atoms with van der Waals surface area (Å²) in [5.41, 5.74) is 4.93. The molecule has 1 aromatic rings. The molecule has 1 aromatic carbocycles. The van der Waals surface area contributed by atoms with E-state index in [2.05, 4.69) is 82.3 Å². The first-order chi connectivity index (χ1) is 33.3. The highest BCUT2D eigenvalue weighted by Gasteiger charge is 2.67. The fourth-order valence-electron chi connectivity index (χ4n) is 17.3. The standard InChI is InChI=1S/C59H84NO9P/c1-10-26-59(64)28-25-48-45-19-15-39-32-42(61)18-20-44(39)54(45)46(36-57(48,59)5)38-13-16-41(17-14-38)60(7)29-31-67-43-24-27-56(4)40(33-43)34-51(69-70(9,65)68-30-11-2)55-49-22-21-47(37(3)12-23-53(63)66-8)58(49,6)52(62)35-50(55)56/h11,13-14,16-17,32,37,40,43,45-52,55,62,64H,2,12,15,18-25,27-31,33-36H2,1,3-9H3/t37-,40+,43+,45?,46-,47-,48?,49+,50+,51-,52+,55+,56+,57+,58-,59+,70?/m1/s1. The van der Waals surface area contributed by atoms with Gasteiger partial charge in [-0.05, 0) is 190 Å². The van der Waals surface area contributed by atoms with E-state index in [1.807, 2.05) is 13.0 Å². The number of esters is 1. The van der Waals surface area contributed by atoms with Crippen LogP contribution in [0.1, 0.15) is 149 Å². The zero-order chi connectivity index (χ0) is 50.0. The number of allylic oxidation sites excluding steroid dienone is 4. The van der Waals surface area contributed by atoms with Crippen LogP contribution < -0.4 is 4.90 Å². The maximum absolute atomic E-state index is 14.0. The Hall–Kier alpha value is -3.03. The van der Waals surface area contributed by atoms with Crippen LogP contribution in [0.5, 0.6) is 0 Å². The Balaban J connectivity index is 0.880. The van der Waals surface area contributed by atoms with Crippen LogP contribution in [0.15, 0.2) is 59.7 Å². The minimum atomic E-state index is -3.41. The number of aliphatic hydroxyl groups excluding tert-OH is 1. The maximum atomic E-state index is 14.0. The van der Waals surface area contributed by atoms with Gasteiger partial charge in [0.05, 0.1) is 38.6 Å². The molecule has 10 nitrogen and oxygen atoms in total. The van der Waals surface area contributed by atoms with Crippen LogP contribution in [0.25, 0.3) is 0 Å². The number of likely N-dealkylation sites (N-methyl/N-ethyl adjacent to an activating group) is 1. The topological polar surface area (TPSA) is 132 Å². The Morgan fingerprint density at radius 3 is 2.51 bits per heavy atom. The predicted octanol–water partition coefficient (Wildman–Crippen LogP) is 11.4. The molecule has 0 saturated heterocycles. The lowest BCUT2D eigenvalue weighted by molar-refractivity contribution is -0.205. The minimum absolute atomic E-state index is 0.0171. The third kappa shape index (κ3) is 9.10. The van der Waals surface area contributed by atoms with E-state index in [1.165, 1.54) is 29.4 Å². The molecule has 0 spiro atoms. The van der Waals surface area contributed by atoms with Crippen LogP contribution >= 0.6 is 7.60 Å². The SMILES string of the molecule is C=CCOP(C)(=O)O[C@@H]1C[C@@H]2C[C@@H](OCCN(C)c3ccc([C@H]4C[C@@]5(C)C(CC[C@@]5(O)C#CC)C5CCC6=CC(=O)CCC6=C54)cc3)CC[C@]2(C)[C@H]2C[C@H](O)[C@]3(C)[C@@H]([C@H](C)CCC(=O)OC)CC[C@H]3[C@H]12. The molecule has 0 bridgehead atoms.